The molecule has 9 nitrogen and oxygen atoms in total. The third-order valence-corrected chi connectivity index (χ3v) is 5.60. The molecule has 0 aliphatic heterocycles. The molecule has 10 heteroatoms. The highest BCUT2D eigenvalue weighted by molar-refractivity contribution is 7.92. The highest BCUT2D eigenvalue weighted by Crippen LogP contribution is 2.29. The first-order chi connectivity index (χ1) is 15.3. The van der Waals surface area contributed by atoms with Gasteiger partial charge < -0.3 is 20.7 Å². The Morgan fingerprint density at radius 3 is 1.91 bits per heavy atom. The molecule has 0 saturated heterocycles. The summed E-state index contributed by atoms with van der Waals surface area (Å²) in [4.78, 5) is 23.2. The molecule has 0 aliphatic rings. The van der Waals surface area contributed by atoms with E-state index >= 15 is 0 Å². The van der Waals surface area contributed by atoms with Crippen LogP contribution in [0.4, 0.5) is 27.5 Å². The topological polar surface area (TPSA) is 126 Å². The summed E-state index contributed by atoms with van der Waals surface area (Å²) in [7, 11) is -2.66. The van der Waals surface area contributed by atoms with Crippen LogP contribution in [0.25, 0.3) is 0 Å². The molecular weight excluding hydrogens is 432 g/mol. The van der Waals surface area contributed by atoms with Crippen molar-refractivity contribution >= 4 is 44.7 Å². The number of carbonyl (C=O) groups is 2. The van der Waals surface area contributed by atoms with E-state index < -0.39 is 16.1 Å². The quantitative estimate of drug-likeness (QED) is 0.428. The van der Waals surface area contributed by atoms with Crippen LogP contribution in [0.3, 0.4) is 0 Å². The second-order valence-electron chi connectivity index (χ2n) is 6.67. The molecular formula is C22H22N4O5S. The summed E-state index contributed by atoms with van der Waals surface area (Å²) in [6, 6.07) is 19.0. The van der Waals surface area contributed by atoms with Crippen LogP contribution < -0.4 is 25.4 Å². The summed E-state index contributed by atoms with van der Waals surface area (Å²) in [5, 5.41) is 7.90. The number of para-hydroxylation sites is 1. The highest BCUT2D eigenvalue weighted by Gasteiger charge is 2.21. The predicted molar refractivity (Wildman–Crippen MR) is 124 cm³/mol. The third kappa shape index (κ3) is 5.99. The Morgan fingerprint density at radius 2 is 1.31 bits per heavy atom. The summed E-state index contributed by atoms with van der Waals surface area (Å²) in [6.07, 6.45) is 0. The smallest absolute Gasteiger partial charge is 0.323 e. The zero-order valence-electron chi connectivity index (χ0n) is 17.4. The van der Waals surface area contributed by atoms with Crippen LogP contribution in [0, 0.1) is 0 Å². The van der Waals surface area contributed by atoms with E-state index in [0.29, 0.717) is 17.1 Å². The predicted octanol–water partition coefficient (Wildman–Crippen LogP) is 4.10. The first-order valence-electron chi connectivity index (χ1n) is 9.48. The van der Waals surface area contributed by atoms with Crippen molar-refractivity contribution in [1.29, 1.82) is 0 Å². The van der Waals surface area contributed by atoms with E-state index in [0.717, 1.165) is 0 Å². The van der Waals surface area contributed by atoms with Crippen LogP contribution in [-0.4, -0.2) is 27.5 Å². The summed E-state index contributed by atoms with van der Waals surface area (Å²) < 4.78 is 33.4. The second-order valence-corrected chi connectivity index (χ2v) is 8.33. The highest BCUT2D eigenvalue weighted by atomic mass is 32.2. The minimum atomic E-state index is -4.02. The largest absolute Gasteiger partial charge is 0.495 e. The molecule has 0 atom stereocenters. The summed E-state index contributed by atoms with van der Waals surface area (Å²) in [5.41, 5.74) is 1.73. The lowest BCUT2D eigenvalue weighted by Gasteiger charge is -2.14. The zero-order chi connectivity index (χ0) is 23.1. The lowest BCUT2D eigenvalue weighted by atomic mass is 10.3. The number of hydrogen-bond acceptors (Lipinski definition) is 5. The Labute approximate surface area is 185 Å². The fraction of sp³-hybridized carbons (Fsp3) is 0.0909. The van der Waals surface area contributed by atoms with Gasteiger partial charge in [-0.2, -0.15) is 0 Å². The minimum Gasteiger partial charge on any atom is -0.495 e. The van der Waals surface area contributed by atoms with Gasteiger partial charge in [0.2, 0.25) is 5.91 Å². The summed E-state index contributed by atoms with van der Waals surface area (Å²) in [6.45, 7) is 1.33. The fourth-order valence-electron chi connectivity index (χ4n) is 2.81. The molecule has 0 heterocycles. The van der Waals surface area contributed by atoms with Gasteiger partial charge in [0.25, 0.3) is 10.0 Å². The van der Waals surface area contributed by atoms with Crippen molar-refractivity contribution in [1.82, 2.24) is 0 Å². The van der Waals surface area contributed by atoms with Gasteiger partial charge >= 0.3 is 6.03 Å². The van der Waals surface area contributed by atoms with E-state index in [9.17, 15) is 18.0 Å². The monoisotopic (exact) mass is 454 g/mol. The molecule has 0 spiro atoms. The first kappa shape index (κ1) is 22.6. The van der Waals surface area contributed by atoms with E-state index in [4.69, 9.17) is 4.74 Å². The molecule has 0 bridgehead atoms. The fourth-order valence-corrected chi connectivity index (χ4v) is 4.07. The lowest BCUT2D eigenvalue weighted by Crippen LogP contribution is -2.19. The first-order valence-corrected chi connectivity index (χ1v) is 11.0. The zero-order valence-corrected chi connectivity index (χ0v) is 18.2. The van der Waals surface area contributed by atoms with Crippen molar-refractivity contribution in [2.75, 3.05) is 27.8 Å². The summed E-state index contributed by atoms with van der Waals surface area (Å²) >= 11 is 0. The van der Waals surface area contributed by atoms with E-state index in [2.05, 4.69) is 20.7 Å². The Hall–Kier alpha value is -4.05. The van der Waals surface area contributed by atoms with Gasteiger partial charge in [-0.3, -0.25) is 9.52 Å². The van der Waals surface area contributed by atoms with Crippen molar-refractivity contribution < 1.29 is 22.7 Å². The molecule has 0 saturated carbocycles. The molecule has 3 rings (SSSR count). The van der Waals surface area contributed by atoms with E-state index in [1.54, 1.807) is 42.5 Å². The number of urea groups is 1. The molecule has 3 amide bonds. The average molecular weight is 455 g/mol. The van der Waals surface area contributed by atoms with Crippen LogP contribution in [-0.2, 0) is 14.8 Å². The van der Waals surface area contributed by atoms with Crippen LogP contribution in [0.15, 0.2) is 77.7 Å². The Bertz CT molecular complexity index is 1210. The van der Waals surface area contributed by atoms with Gasteiger partial charge in [-0.1, -0.05) is 18.2 Å². The van der Waals surface area contributed by atoms with Gasteiger partial charge in [0.15, 0.2) is 0 Å². The maximum Gasteiger partial charge on any atom is 0.323 e. The second kappa shape index (κ2) is 9.84. The molecule has 0 aromatic heterocycles. The number of methoxy groups -OCH3 is 1. The number of benzene rings is 3. The molecule has 32 heavy (non-hydrogen) atoms. The van der Waals surface area contributed by atoms with Crippen molar-refractivity contribution in [2.24, 2.45) is 0 Å². The van der Waals surface area contributed by atoms with E-state index in [1.807, 2.05) is 6.07 Å². The van der Waals surface area contributed by atoms with Crippen molar-refractivity contribution in [3.63, 3.8) is 0 Å². The SMILES string of the molecule is COc1ccc(NC(C)=O)cc1S(=O)(=O)Nc1ccc(NC(=O)Nc2ccccc2)cc1. The van der Waals surface area contributed by atoms with Crippen molar-refractivity contribution in [3.05, 3.63) is 72.8 Å². The number of rotatable bonds is 7. The van der Waals surface area contributed by atoms with E-state index in [1.165, 1.54) is 38.3 Å². The Kier molecular flexibility index (Phi) is 6.96. The third-order valence-electron chi connectivity index (χ3n) is 4.20. The van der Waals surface area contributed by atoms with Gasteiger partial charge in [0.05, 0.1) is 7.11 Å². The number of sulfonamides is 1. The maximum absolute atomic E-state index is 12.9. The molecule has 3 aromatic rings. The normalized spacial score (nSPS) is 10.7. The number of carbonyl (C=O) groups excluding carboxylic acids is 2. The molecule has 0 aliphatic carbocycles. The van der Waals surface area contributed by atoms with E-state index in [-0.39, 0.29) is 22.2 Å². The minimum absolute atomic E-state index is 0.127. The van der Waals surface area contributed by atoms with Crippen molar-refractivity contribution in [3.8, 4) is 5.75 Å². The Morgan fingerprint density at radius 1 is 0.750 bits per heavy atom. The molecule has 0 radical (unpaired) electrons. The van der Waals surface area contributed by atoms with Gasteiger partial charge in [0.1, 0.15) is 10.6 Å². The molecule has 3 aromatic carbocycles. The lowest BCUT2D eigenvalue weighted by molar-refractivity contribution is -0.114. The summed E-state index contributed by atoms with van der Waals surface area (Å²) in [5.74, 6) is -0.201. The number of hydrogen-bond donors (Lipinski definition) is 4. The maximum atomic E-state index is 12.9. The average Bonchev–Trinajstić information content (AvgIpc) is 2.75. The number of ether oxygens (including phenoxy) is 1. The molecule has 0 unspecified atom stereocenters. The molecule has 4 N–H and O–H groups in total. The van der Waals surface area contributed by atoms with Crippen LogP contribution in [0.1, 0.15) is 6.92 Å². The standard InChI is InChI=1S/C22H22N4O5S/c1-15(27)23-19-12-13-20(31-2)21(14-19)32(29,30)26-18-10-8-17(9-11-18)25-22(28)24-16-6-4-3-5-7-16/h3-14,26H,1-2H3,(H,23,27)(H2,24,25,28). The van der Waals surface area contributed by atoms with Gasteiger partial charge in [-0.15, -0.1) is 0 Å². The van der Waals surface area contributed by atoms with Crippen LogP contribution in [0.2, 0.25) is 0 Å². The van der Waals surface area contributed by atoms with Crippen molar-refractivity contribution in [2.45, 2.75) is 11.8 Å². The van der Waals surface area contributed by atoms with Crippen LogP contribution >= 0.6 is 0 Å². The van der Waals surface area contributed by atoms with Gasteiger partial charge in [-0.25, -0.2) is 13.2 Å². The van der Waals surface area contributed by atoms with Crippen LogP contribution in [0.5, 0.6) is 5.75 Å². The number of anilines is 4. The number of amides is 3. The van der Waals surface area contributed by atoms with Gasteiger partial charge in [0, 0.05) is 29.7 Å². The molecule has 0 fully saturated rings. The number of nitrogens with one attached hydrogen (secondary N) is 4. The van der Waals surface area contributed by atoms with Gasteiger partial charge in [-0.05, 0) is 54.6 Å². The Balaban J connectivity index is 1.71. The molecule has 166 valence electrons.